The van der Waals surface area contributed by atoms with Crippen molar-refractivity contribution >= 4 is 22.5 Å². The lowest BCUT2D eigenvalue weighted by molar-refractivity contribution is 0.102. The zero-order valence-electron chi connectivity index (χ0n) is 14.0. The fraction of sp³-hybridized carbons (Fsp3) is 0.0500. The van der Waals surface area contributed by atoms with E-state index in [-0.39, 0.29) is 17.7 Å². The minimum absolute atomic E-state index is 0.0258. The first-order chi connectivity index (χ1) is 12.5. The van der Waals surface area contributed by atoms with E-state index in [2.05, 4.69) is 10.3 Å². The summed E-state index contributed by atoms with van der Waals surface area (Å²) in [4.78, 5) is 15.5. The molecule has 4 N–H and O–H groups in total. The number of hydrogen-bond donors (Lipinski definition) is 4. The van der Waals surface area contributed by atoms with E-state index in [1.165, 1.54) is 10.6 Å². The number of amides is 1. The summed E-state index contributed by atoms with van der Waals surface area (Å²) >= 11 is 0. The fourth-order valence-electron chi connectivity index (χ4n) is 2.99. The molecule has 2 aromatic heterocycles. The highest BCUT2D eigenvalue weighted by atomic mass is 16.3. The van der Waals surface area contributed by atoms with E-state index in [9.17, 15) is 15.0 Å². The second kappa shape index (κ2) is 6.00. The zero-order chi connectivity index (χ0) is 18.3. The van der Waals surface area contributed by atoms with Gasteiger partial charge >= 0.3 is 0 Å². The van der Waals surface area contributed by atoms with Crippen molar-refractivity contribution in [3.63, 3.8) is 0 Å². The molecule has 4 aromatic rings. The van der Waals surface area contributed by atoms with E-state index in [0.717, 1.165) is 16.5 Å². The smallest absolute Gasteiger partial charge is 0.255 e. The van der Waals surface area contributed by atoms with Crippen LogP contribution < -0.4 is 5.32 Å². The van der Waals surface area contributed by atoms with E-state index < -0.39 is 0 Å². The first kappa shape index (κ1) is 15.8. The molecule has 0 atom stereocenters. The highest BCUT2D eigenvalue weighted by molar-refractivity contribution is 6.06. The summed E-state index contributed by atoms with van der Waals surface area (Å²) in [5.74, 6) is -0.246. The molecule has 0 radical (unpaired) electrons. The molecule has 130 valence electrons. The van der Waals surface area contributed by atoms with Crippen LogP contribution in [-0.4, -0.2) is 25.7 Å². The number of H-pyrrole nitrogens is 1. The summed E-state index contributed by atoms with van der Waals surface area (Å²) in [6, 6.07) is 16.0. The molecule has 0 aliphatic carbocycles. The van der Waals surface area contributed by atoms with Crippen LogP contribution in [0.4, 0.5) is 5.69 Å². The SMILES string of the molecule is Cn1c(O)cc(-c2c[nH]c3ccc(NC(=O)c4ccccc4)cc23)c1O. The van der Waals surface area contributed by atoms with Gasteiger partial charge in [-0.3, -0.25) is 9.36 Å². The van der Waals surface area contributed by atoms with Crippen LogP contribution in [0.25, 0.3) is 22.0 Å². The number of fused-ring (bicyclic) bond motifs is 1. The van der Waals surface area contributed by atoms with Gasteiger partial charge in [0.1, 0.15) is 0 Å². The molecule has 0 fully saturated rings. The van der Waals surface area contributed by atoms with E-state index in [1.54, 1.807) is 25.4 Å². The van der Waals surface area contributed by atoms with Crippen molar-refractivity contribution in [1.29, 1.82) is 0 Å². The number of aromatic nitrogens is 2. The molecule has 1 amide bonds. The number of aromatic amines is 1. The van der Waals surface area contributed by atoms with Gasteiger partial charge in [-0.05, 0) is 30.3 Å². The molecule has 6 nitrogen and oxygen atoms in total. The number of carbonyl (C=O) groups excluding carboxylic acids is 1. The summed E-state index contributed by atoms with van der Waals surface area (Å²) in [5.41, 5.74) is 3.34. The van der Waals surface area contributed by atoms with Gasteiger partial charge in [0.05, 0.1) is 0 Å². The molecule has 0 saturated heterocycles. The summed E-state index contributed by atoms with van der Waals surface area (Å²) < 4.78 is 1.30. The average molecular weight is 347 g/mol. The zero-order valence-corrected chi connectivity index (χ0v) is 14.0. The molecule has 6 heteroatoms. The minimum Gasteiger partial charge on any atom is -0.494 e. The number of nitrogens with one attached hydrogen (secondary N) is 2. The van der Waals surface area contributed by atoms with E-state index in [0.29, 0.717) is 16.8 Å². The topological polar surface area (TPSA) is 90.3 Å². The number of aromatic hydroxyl groups is 2. The van der Waals surface area contributed by atoms with Gasteiger partial charge in [-0.1, -0.05) is 18.2 Å². The molecule has 0 aliphatic rings. The summed E-state index contributed by atoms with van der Waals surface area (Å²) in [7, 11) is 1.58. The number of carbonyl (C=O) groups is 1. The molecule has 0 aliphatic heterocycles. The number of nitrogens with zero attached hydrogens (tertiary/aromatic N) is 1. The first-order valence-electron chi connectivity index (χ1n) is 8.10. The third kappa shape index (κ3) is 2.57. The highest BCUT2D eigenvalue weighted by Crippen LogP contribution is 2.39. The van der Waals surface area contributed by atoms with Crippen molar-refractivity contribution in [3.8, 4) is 22.9 Å². The molecule has 26 heavy (non-hydrogen) atoms. The molecule has 0 unspecified atom stereocenters. The van der Waals surface area contributed by atoms with Crippen LogP contribution in [0.2, 0.25) is 0 Å². The maximum atomic E-state index is 12.4. The van der Waals surface area contributed by atoms with Crippen molar-refractivity contribution in [2.24, 2.45) is 7.05 Å². The van der Waals surface area contributed by atoms with Gasteiger partial charge in [0, 0.05) is 52.6 Å². The first-order valence-corrected chi connectivity index (χ1v) is 8.10. The molecule has 2 heterocycles. The lowest BCUT2D eigenvalue weighted by Gasteiger charge is -2.06. The summed E-state index contributed by atoms with van der Waals surface area (Å²) in [5, 5.41) is 23.8. The average Bonchev–Trinajstić information content (AvgIpc) is 3.18. The summed E-state index contributed by atoms with van der Waals surface area (Å²) in [6.45, 7) is 0. The van der Waals surface area contributed by atoms with Crippen molar-refractivity contribution in [2.45, 2.75) is 0 Å². The quantitative estimate of drug-likeness (QED) is 0.454. The maximum absolute atomic E-state index is 12.4. The van der Waals surface area contributed by atoms with Crippen LogP contribution in [0.3, 0.4) is 0 Å². The Hall–Kier alpha value is -3.67. The number of hydrogen-bond acceptors (Lipinski definition) is 3. The molecule has 0 spiro atoms. The van der Waals surface area contributed by atoms with Gasteiger partial charge < -0.3 is 20.5 Å². The van der Waals surface area contributed by atoms with Crippen molar-refractivity contribution in [2.75, 3.05) is 5.32 Å². The van der Waals surface area contributed by atoms with Crippen molar-refractivity contribution < 1.29 is 15.0 Å². The molecule has 2 aromatic carbocycles. The Morgan fingerprint density at radius 1 is 1.04 bits per heavy atom. The number of benzene rings is 2. The highest BCUT2D eigenvalue weighted by Gasteiger charge is 2.16. The fourth-order valence-corrected chi connectivity index (χ4v) is 2.99. The van der Waals surface area contributed by atoms with Crippen molar-refractivity contribution in [1.82, 2.24) is 9.55 Å². The van der Waals surface area contributed by atoms with E-state index in [1.807, 2.05) is 36.4 Å². The number of rotatable bonds is 3. The third-order valence-corrected chi connectivity index (χ3v) is 4.44. The molecule has 4 rings (SSSR count). The minimum atomic E-state index is -0.192. The Kier molecular flexibility index (Phi) is 3.65. The van der Waals surface area contributed by atoms with Gasteiger partial charge in [0.15, 0.2) is 5.88 Å². The predicted molar refractivity (Wildman–Crippen MR) is 100 cm³/mol. The van der Waals surface area contributed by atoms with E-state index >= 15 is 0 Å². The van der Waals surface area contributed by atoms with Crippen LogP contribution in [0.1, 0.15) is 10.4 Å². The predicted octanol–water partition coefficient (Wildman–Crippen LogP) is 3.84. The van der Waals surface area contributed by atoms with Crippen LogP contribution >= 0.6 is 0 Å². The Bertz CT molecular complexity index is 1110. The van der Waals surface area contributed by atoms with Gasteiger partial charge in [-0.2, -0.15) is 0 Å². The van der Waals surface area contributed by atoms with Gasteiger partial charge in [-0.15, -0.1) is 0 Å². The van der Waals surface area contributed by atoms with Crippen LogP contribution in [0.15, 0.2) is 60.8 Å². The van der Waals surface area contributed by atoms with Gasteiger partial charge in [0.2, 0.25) is 5.88 Å². The van der Waals surface area contributed by atoms with Crippen molar-refractivity contribution in [3.05, 3.63) is 66.4 Å². The number of anilines is 1. The molecule has 0 bridgehead atoms. The Labute approximate surface area is 149 Å². The van der Waals surface area contributed by atoms with E-state index in [4.69, 9.17) is 0 Å². The van der Waals surface area contributed by atoms with Gasteiger partial charge in [-0.25, -0.2) is 0 Å². The lowest BCUT2D eigenvalue weighted by Crippen LogP contribution is -2.11. The Morgan fingerprint density at radius 3 is 2.50 bits per heavy atom. The normalized spacial score (nSPS) is 11.0. The lowest BCUT2D eigenvalue weighted by atomic mass is 10.1. The standard InChI is InChI=1S/C20H17N3O3/c1-23-18(24)10-15(20(23)26)16-11-21-17-8-7-13(9-14(16)17)22-19(25)12-5-3-2-4-6-12/h2-11,21,24,26H,1H3,(H,22,25). The van der Waals surface area contributed by atoms with Gasteiger partial charge in [0.25, 0.3) is 5.91 Å². The molecular formula is C20H17N3O3. The second-order valence-electron chi connectivity index (χ2n) is 6.08. The maximum Gasteiger partial charge on any atom is 0.255 e. The monoisotopic (exact) mass is 347 g/mol. The van der Waals surface area contributed by atoms with Crippen LogP contribution in [-0.2, 0) is 7.05 Å². The molecular weight excluding hydrogens is 330 g/mol. The van der Waals surface area contributed by atoms with Crippen LogP contribution in [0.5, 0.6) is 11.8 Å². The third-order valence-electron chi connectivity index (χ3n) is 4.44. The second-order valence-corrected chi connectivity index (χ2v) is 6.08. The molecule has 0 saturated carbocycles. The summed E-state index contributed by atoms with van der Waals surface area (Å²) in [6.07, 6.45) is 1.77. The van der Waals surface area contributed by atoms with Crippen LogP contribution in [0, 0.1) is 0 Å². The Balaban J connectivity index is 1.73. The Morgan fingerprint density at radius 2 is 1.81 bits per heavy atom. The largest absolute Gasteiger partial charge is 0.494 e.